The van der Waals surface area contributed by atoms with E-state index in [0.717, 1.165) is 0 Å². The topological polar surface area (TPSA) is 41.6 Å². The Morgan fingerprint density at radius 2 is 1.84 bits per heavy atom. The molecule has 9 heteroatoms. The van der Waals surface area contributed by atoms with Gasteiger partial charge in [-0.25, -0.2) is 9.97 Å². The van der Waals surface area contributed by atoms with Crippen molar-refractivity contribution in [1.82, 2.24) is 15.0 Å². The van der Waals surface area contributed by atoms with Gasteiger partial charge in [-0.15, -0.1) is 0 Å². The molecule has 2 aromatic heterocycles. The molecule has 2 heterocycles. The molecule has 2 aromatic rings. The van der Waals surface area contributed by atoms with Gasteiger partial charge in [0.1, 0.15) is 16.6 Å². The van der Waals surface area contributed by atoms with Crippen LogP contribution in [-0.2, 0) is 6.42 Å². The van der Waals surface area contributed by atoms with Crippen LogP contribution in [0.3, 0.4) is 0 Å². The second-order valence-corrected chi connectivity index (χ2v) is 4.23. The molecule has 0 saturated heterocycles. The number of alkyl halides is 5. The summed E-state index contributed by atoms with van der Waals surface area (Å²) in [5.74, 6) is -4.93. The SMILES string of the molecule is FC(F)(F)C(F)(F)CCc1nc(Cl)c2cc[nH]c2n1. The number of nitrogens with zero attached hydrogens (tertiary/aromatic N) is 2. The summed E-state index contributed by atoms with van der Waals surface area (Å²) in [4.78, 5) is 10.2. The molecule has 0 bridgehead atoms. The number of aryl methyl sites for hydroxylation is 1. The highest BCUT2D eigenvalue weighted by atomic mass is 35.5. The number of halogens is 6. The van der Waals surface area contributed by atoms with Crippen molar-refractivity contribution in [2.24, 2.45) is 0 Å². The molecule has 0 radical (unpaired) electrons. The van der Waals surface area contributed by atoms with Gasteiger partial charge in [-0.2, -0.15) is 22.0 Å². The van der Waals surface area contributed by atoms with Crippen LogP contribution in [0.1, 0.15) is 12.2 Å². The average molecular weight is 300 g/mol. The van der Waals surface area contributed by atoms with Crippen molar-refractivity contribution in [3.8, 4) is 0 Å². The number of hydrogen-bond donors (Lipinski definition) is 1. The molecule has 0 aliphatic carbocycles. The lowest BCUT2D eigenvalue weighted by Crippen LogP contribution is -2.36. The molecule has 0 aromatic carbocycles. The van der Waals surface area contributed by atoms with Crippen molar-refractivity contribution in [3.05, 3.63) is 23.2 Å². The number of hydrogen-bond acceptors (Lipinski definition) is 2. The quantitative estimate of drug-likeness (QED) is 0.693. The van der Waals surface area contributed by atoms with E-state index < -0.39 is 24.9 Å². The number of fused-ring (bicyclic) bond motifs is 1. The molecule has 0 aliphatic rings. The molecule has 0 amide bonds. The molecule has 3 nitrogen and oxygen atoms in total. The van der Waals surface area contributed by atoms with Crippen molar-refractivity contribution in [2.75, 3.05) is 0 Å². The van der Waals surface area contributed by atoms with E-state index in [1.807, 2.05) is 0 Å². The molecule has 0 unspecified atom stereocenters. The Morgan fingerprint density at radius 1 is 1.16 bits per heavy atom. The normalized spacial score (nSPS) is 13.2. The summed E-state index contributed by atoms with van der Waals surface area (Å²) < 4.78 is 61.5. The van der Waals surface area contributed by atoms with Crippen molar-refractivity contribution >= 4 is 22.6 Å². The summed E-state index contributed by atoms with van der Waals surface area (Å²) in [6.07, 6.45) is -6.10. The summed E-state index contributed by atoms with van der Waals surface area (Å²) in [5, 5.41) is 0.490. The second kappa shape index (κ2) is 4.59. The largest absolute Gasteiger partial charge is 0.453 e. The Hall–Kier alpha value is -1.44. The van der Waals surface area contributed by atoms with E-state index in [2.05, 4.69) is 15.0 Å². The van der Waals surface area contributed by atoms with E-state index >= 15 is 0 Å². The smallest absolute Gasteiger partial charge is 0.346 e. The van der Waals surface area contributed by atoms with Crippen LogP contribution in [0, 0.1) is 0 Å². The fourth-order valence-corrected chi connectivity index (χ4v) is 1.72. The van der Waals surface area contributed by atoms with E-state index in [1.165, 1.54) is 6.20 Å². The Balaban J connectivity index is 2.18. The van der Waals surface area contributed by atoms with E-state index in [9.17, 15) is 22.0 Å². The van der Waals surface area contributed by atoms with Gasteiger partial charge in [0.05, 0.1) is 5.39 Å². The van der Waals surface area contributed by atoms with E-state index in [-0.39, 0.29) is 11.0 Å². The average Bonchev–Trinajstić information content (AvgIpc) is 2.73. The monoisotopic (exact) mass is 299 g/mol. The van der Waals surface area contributed by atoms with Crippen molar-refractivity contribution < 1.29 is 22.0 Å². The highest BCUT2D eigenvalue weighted by Crippen LogP contribution is 2.38. The first-order chi connectivity index (χ1) is 8.71. The maximum Gasteiger partial charge on any atom is 0.453 e. The van der Waals surface area contributed by atoms with E-state index in [4.69, 9.17) is 11.6 Å². The molecule has 0 fully saturated rings. The van der Waals surface area contributed by atoms with Crippen LogP contribution in [0.4, 0.5) is 22.0 Å². The van der Waals surface area contributed by atoms with Gasteiger partial charge in [-0.1, -0.05) is 11.6 Å². The fraction of sp³-hybridized carbons (Fsp3) is 0.400. The van der Waals surface area contributed by atoms with Crippen LogP contribution >= 0.6 is 11.6 Å². The van der Waals surface area contributed by atoms with E-state index in [0.29, 0.717) is 11.0 Å². The lowest BCUT2D eigenvalue weighted by Gasteiger charge is -2.18. The van der Waals surface area contributed by atoms with Crippen LogP contribution < -0.4 is 0 Å². The van der Waals surface area contributed by atoms with Crippen LogP contribution in [0.15, 0.2) is 12.3 Å². The first kappa shape index (κ1) is 14.0. The van der Waals surface area contributed by atoms with Gasteiger partial charge < -0.3 is 4.98 Å². The molecule has 104 valence electrons. The Morgan fingerprint density at radius 3 is 2.47 bits per heavy atom. The highest BCUT2D eigenvalue weighted by Gasteiger charge is 2.56. The minimum atomic E-state index is -5.58. The van der Waals surface area contributed by atoms with Crippen molar-refractivity contribution in [1.29, 1.82) is 0 Å². The molecular weight excluding hydrogens is 293 g/mol. The van der Waals surface area contributed by atoms with Gasteiger partial charge in [0, 0.05) is 19.0 Å². The predicted molar refractivity (Wildman–Crippen MR) is 58.2 cm³/mol. The Labute approximate surface area is 108 Å². The molecule has 0 spiro atoms. The minimum absolute atomic E-state index is 0.0107. The molecule has 19 heavy (non-hydrogen) atoms. The zero-order valence-electron chi connectivity index (χ0n) is 9.23. The van der Waals surface area contributed by atoms with Gasteiger partial charge >= 0.3 is 12.1 Å². The van der Waals surface area contributed by atoms with Gasteiger partial charge in [0.25, 0.3) is 0 Å². The Bertz CT molecular complexity index is 592. The molecule has 2 rings (SSSR count). The lowest BCUT2D eigenvalue weighted by molar-refractivity contribution is -0.284. The van der Waals surface area contributed by atoms with Gasteiger partial charge in [0.2, 0.25) is 0 Å². The number of rotatable bonds is 3. The fourth-order valence-electron chi connectivity index (χ4n) is 1.47. The third-order valence-corrected chi connectivity index (χ3v) is 2.78. The molecule has 0 aliphatic heterocycles. The Kier molecular flexibility index (Phi) is 3.38. The summed E-state index contributed by atoms with van der Waals surface area (Å²) in [5.41, 5.74) is 0.297. The first-order valence-electron chi connectivity index (χ1n) is 5.15. The predicted octanol–water partition coefficient (Wildman–Crippen LogP) is 3.74. The van der Waals surface area contributed by atoms with Crippen LogP contribution in [0.25, 0.3) is 11.0 Å². The van der Waals surface area contributed by atoms with Crippen molar-refractivity contribution in [3.63, 3.8) is 0 Å². The van der Waals surface area contributed by atoms with Gasteiger partial charge in [-0.3, -0.25) is 0 Å². The number of H-pyrrole nitrogens is 1. The van der Waals surface area contributed by atoms with Gasteiger partial charge in [-0.05, 0) is 6.07 Å². The van der Waals surface area contributed by atoms with Crippen LogP contribution in [0.2, 0.25) is 5.15 Å². The molecular formula is C10H7ClF5N3. The van der Waals surface area contributed by atoms with Crippen LogP contribution in [-0.4, -0.2) is 27.1 Å². The van der Waals surface area contributed by atoms with Crippen molar-refractivity contribution in [2.45, 2.75) is 24.9 Å². The van der Waals surface area contributed by atoms with Gasteiger partial charge in [0.15, 0.2) is 0 Å². The van der Waals surface area contributed by atoms with Crippen LogP contribution in [0.5, 0.6) is 0 Å². The summed E-state index contributed by atoms with van der Waals surface area (Å²) in [6, 6.07) is 1.58. The first-order valence-corrected chi connectivity index (χ1v) is 5.52. The summed E-state index contributed by atoms with van der Waals surface area (Å²) in [6.45, 7) is 0. The maximum absolute atomic E-state index is 12.7. The number of nitrogens with one attached hydrogen (secondary N) is 1. The zero-order chi connectivity index (χ0) is 14.3. The lowest BCUT2D eigenvalue weighted by atomic mass is 10.1. The third-order valence-electron chi connectivity index (χ3n) is 2.49. The minimum Gasteiger partial charge on any atom is -0.346 e. The molecule has 0 atom stereocenters. The highest BCUT2D eigenvalue weighted by molar-refractivity contribution is 6.33. The molecule has 0 saturated carbocycles. The molecule has 1 N–H and O–H groups in total. The summed E-state index contributed by atoms with van der Waals surface area (Å²) >= 11 is 5.76. The standard InChI is InChI=1S/C10H7ClF5N3/c11-7-5-2-4-17-8(5)19-6(18-7)1-3-9(12,13)10(14,15)16/h2,4H,1,3H2,(H,17,18,19). The zero-order valence-corrected chi connectivity index (χ0v) is 9.99. The third kappa shape index (κ3) is 2.78. The number of aromatic nitrogens is 3. The number of aromatic amines is 1. The second-order valence-electron chi connectivity index (χ2n) is 3.87. The summed E-state index contributed by atoms with van der Waals surface area (Å²) in [7, 11) is 0. The maximum atomic E-state index is 12.7. The van der Waals surface area contributed by atoms with E-state index in [1.54, 1.807) is 6.07 Å².